The standard InChI is InChI=1S/C27H32N6O4S/c28-25(34)24(17-19-9-3-1-4-10-19)32-26(35)23(15-8-16-31-27(29)30)33-38(36,37)22-14-7-13-21(18-22)20-11-5-2-6-12-20/h1-7,9-14,18,23-24,33H,8,15-17H2,(H2,28,34)(H,32,35)(H4,29,30,31)/t23-,24-/m0/s1. The van der Waals surface area contributed by atoms with Gasteiger partial charge in [0.2, 0.25) is 21.8 Å². The predicted octanol–water partition coefficient (Wildman–Crippen LogP) is 1.48. The Morgan fingerprint density at radius 1 is 0.842 bits per heavy atom. The monoisotopic (exact) mass is 536 g/mol. The second-order valence-corrected chi connectivity index (χ2v) is 10.4. The van der Waals surface area contributed by atoms with E-state index in [9.17, 15) is 18.0 Å². The minimum atomic E-state index is -4.12. The lowest BCUT2D eigenvalue weighted by atomic mass is 10.0. The first-order valence-electron chi connectivity index (χ1n) is 12.0. The molecule has 10 nitrogen and oxygen atoms in total. The van der Waals surface area contributed by atoms with Crippen LogP contribution < -0.4 is 26.8 Å². The van der Waals surface area contributed by atoms with Crippen LogP contribution in [0, 0.1) is 5.41 Å². The number of rotatable bonds is 13. The molecule has 0 unspecified atom stereocenters. The van der Waals surface area contributed by atoms with Gasteiger partial charge in [0.15, 0.2) is 5.96 Å². The van der Waals surface area contributed by atoms with Gasteiger partial charge in [-0.3, -0.25) is 15.0 Å². The first kappa shape index (κ1) is 28.4. The molecule has 2 amide bonds. The molecule has 0 bridgehead atoms. The van der Waals surface area contributed by atoms with Gasteiger partial charge in [-0.25, -0.2) is 8.42 Å². The number of benzene rings is 3. The van der Waals surface area contributed by atoms with E-state index in [1.807, 2.05) is 36.4 Å². The first-order valence-corrected chi connectivity index (χ1v) is 13.5. The topological polar surface area (TPSA) is 180 Å². The summed E-state index contributed by atoms with van der Waals surface area (Å²) >= 11 is 0. The van der Waals surface area contributed by atoms with E-state index in [4.69, 9.17) is 16.9 Å². The van der Waals surface area contributed by atoms with Crippen LogP contribution in [0.1, 0.15) is 18.4 Å². The van der Waals surface area contributed by atoms with Gasteiger partial charge < -0.3 is 22.1 Å². The van der Waals surface area contributed by atoms with E-state index in [1.165, 1.54) is 12.1 Å². The van der Waals surface area contributed by atoms with Gasteiger partial charge in [0.25, 0.3) is 0 Å². The third-order valence-corrected chi connectivity index (χ3v) is 7.26. The summed E-state index contributed by atoms with van der Waals surface area (Å²) in [6, 6.07) is 22.5. The van der Waals surface area contributed by atoms with Gasteiger partial charge in [-0.05, 0) is 41.7 Å². The van der Waals surface area contributed by atoms with Crippen LogP contribution in [0.5, 0.6) is 0 Å². The molecule has 0 aromatic heterocycles. The molecule has 3 aromatic rings. The highest BCUT2D eigenvalue weighted by Gasteiger charge is 2.29. The molecule has 11 heteroatoms. The van der Waals surface area contributed by atoms with Crippen LogP contribution >= 0.6 is 0 Å². The van der Waals surface area contributed by atoms with Gasteiger partial charge in [-0.1, -0.05) is 72.8 Å². The van der Waals surface area contributed by atoms with Crippen molar-refractivity contribution < 1.29 is 18.0 Å². The fraction of sp³-hybridized carbons (Fsp3) is 0.222. The van der Waals surface area contributed by atoms with E-state index in [0.717, 1.165) is 11.1 Å². The molecule has 0 aliphatic heterocycles. The molecule has 3 aromatic carbocycles. The number of carbonyl (C=O) groups is 2. The van der Waals surface area contributed by atoms with Crippen LogP contribution in [-0.2, 0) is 26.0 Å². The van der Waals surface area contributed by atoms with Gasteiger partial charge >= 0.3 is 0 Å². The molecule has 0 spiro atoms. The van der Waals surface area contributed by atoms with Crippen molar-refractivity contribution in [3.05, 3.63) is 90.5 Å². The van der Waals surface area contributed by atoms with Gasteiger partial charge in [0, 0.05) is 13.0 Å². The van der Waals surface area contributed by atoms with Crippen molar-refractivity contribution in [3.63, 3.8) is 0 Å². The summed E-state index contributed by atoms with van der Waals surface area (Å²) in [5, 5.41) is 12.5. The smallest absolute Gasteiger partial charge is 0.241 e. The Labute approximate surface area is 222 Å². The second-order valence-electron chi connectivity index (χ2n) is 8.70. The summed E-state index contributed by atoms with van der Waals surface area (Å²) in [7, 11) is -4.12. The Balaban J connectivity index is 1.80. The number of nitrogens with one attached hydrogen (secondary N) is 4. The molecule has 0 heterocycles. The van der Waals surface area contributed by atoms with E-state index < -0.39 is 33.9 Å². The molecule has 2 atom stereocenters. The fourth-order valence-electron chi connectivity index (χ4n) is 3.85. The van der Waals surface area contributed by atoms with Crippen LogP contribution in [-0.4, -0.2) is 44.8 Å². The fourth-order valence-corrected chi connectivity index (χ4v) is 5.12. The Morgan fingerprint density at radius 3 is 2.11 bits per heavy atom. The van der Waals surface area contributed by atoms with Gasteiger partial charge in [-0.2, -0.15) is 4.72 Å². The van der Waals surface area contributed by atoms with E-state index in [0.29, 0.717) is 12.0 Å². The molecule has 200 valence electrons. The Hall–Kier alpha value is -4.22. The third kappa shape index (κ3) is 8.43. The summed E-state index contributed by atoms with van der Waals surface area (Å²) in [5.41, 5.74) is 13.2. The summed E-state index contributed by atoms with van der Waals surface area (Å²) < 4.78 is 29.1. The maximum atomic E-state index is 13.3. The van der Waals surface area contributed by atoms with Crippen molar-refractivity contribution >= 4 is 27.8 Å². The van der Waals surface area contributed by atoms with Gasteiger partial charge in [0.1, 0.15) is 12.1 Å². The first-order chi connectivity index (χ1) is 18.2. The third-order valence-electron chi connectivity index (χ3n) is 5.79. The maximum Gasteiger partial charge on any atom is 0.241 e. The number of hydrogen-bond donors (Lipinski definition) is 6. The molecule has 0 radical (unpaired) electrons. The highest BCUT2D eigenvalue weighted by molar-refractivity contribution is 7.89. The van der Waals surface area contributed by atoms with E-state index >= 15 is 0 Å². The van der Waals surface area contributed by atoms with Crippen molar-refractivity contribution in [1.82, 2.24) is 15.4 Å². The molecule has 0 aliphatic rings. The van der Waals surface area contributed by atoms with Crippen molar-refractivity contribution in [1.29, 1.82) is 5.41 Å². The average molecular weight is 537 g/mol. The summed E-state index contributed by atoms with van der Waals surface area (Å²) in [4.78, 5) is 25.3. The van der Waals surface area contributed by atoms with Crippen LogP contribution in [0.4, 0.5) is 0 Å². The number of sulfonamides is 1. The zero-order valence-electron chi connectivity index (χ0n) is 20.8. The lowest BCUT2D eigenvalue weighted by molar-refractivity contribution is -0.128. The predicted molar refractivity (Wildman–Crippen MR) is 146 cm³/mol. The summed E-state index contributed by atoms with van der Waals surface area (Å²) in [5.74, 6) is -1.66. The lowest BCUT2D eigenvalue weighted by Gasteiger charge is -2.22. The normalized spacial score (nSPS) is 12.7. The molecular weight excluding hydrogens is 504 g/mol. The zero-order valence-corrected chi connectivity index (χ0v) is 21.6. The molecule has 8 N–H and O–H groups in total. The average Bonchev–Trinajstić information content (AvgIpc) is 2.91. The number of carbonyl (C=O) groups excluding carboxylic acids is 2. The van der Waals surface area contributed by atoms with Crippen LogP contribution in [0.3, 0.4) is 0 Å². The van der Waals surface area contributed by atoms with Gasteiger partial charge in [-0.15, -0.1) is 0 Å². The largest absolute Gasteiger partial charge is 0.370 e. The minimum Gasteiger partial charge on any atom is -0.370 e. The SMILES string of the molecule is N=C(N)NCCC[C@H](NS(=O)(=O)c1cccc(-c2ccccc2)c1)C(=O)N[C@@H](Cc1ccccc1)C(N)=O. The van der Waals surface area contributed by atoms with Crippen molar-refractivity contribution in [3.8, 4) is 11.1 Å². The number of amides is 2. The van der Waals surface area contributed by atoms with Crippen molar-refractivity contribution in [2.75, 3.05) is 6.54 Å². The summed E-state index contributed by atoms with van der Waals surface area (Å²) in [6.07, 6.45) is 0.567. The molecule has 0 aliphatic carbocycles. The molecule has 0 saturated carbocycles. The molecule has 38 heavy (non-hydrogen) atoms. The van der Waals surface area contributed by atoms with Gasteiger partial charge in [0.05, 0.1) is 4.90 Å². The Kier molecular flexibility index (Phi) is 9.97. The second kappa shape index (κ2) is 13.4. The van der Waals surface area contributed by atoms with Crippen molar-refractivity contribution in [2.45, 2.75) is 36.2 Å². The molecule has 0 fully saturated rings. The summed E-state index contributed by atoms with van der Waals surface area (Å²) in [6.45, 7) is 0.258. The highest BCUT2D eigenvalue weighted by atomic mass is 32.2. The minimum absolute atomic E-state index is 0.00532. The zero-order chi connectivity index (χ0) is 27.5. The number of guanidine groups is 1. The van der Waals surface area contributed by atoms with Crippen molar-refractivity contribution in [2.24, 2.45) is 11.5 Å². The number of primary amides is 1. The molecule has 0 saturated heterocycles. The Bertz CT molecular complexity index is 1350. The molecule has 3 rings (SSSR count). The Morgan fingerprint density at radius 2 is 1.47 bits per heavy atom. The van der Waals surface area contributed by atoms with E-state index in [-0.39, 0.29) is 30.2 Å². The van der Waals surface area contributed by atoms with E-state index in [2.05, 4.69) is 15.4 Å². The van der Waals surface area contributed by atoms with E-state index in [1.54, 1.807) is 36.4 Å². The number of hydrogen-bond acceptors (Lipinski definition) is 5. The number of nitrogens with two attached hydrogens (primary N) is 2. The van der Waals surface area contributed by atoms with Crippen LogP contribution in [0.2, 0.25) is 0 Å². The highest BCUT2D eigenvalue weighted by Crippen LogP contribution is 2.22. The van der Waals surface area contributed by atoms with Crippen LogP contribution in [0.15, 0.2) is 89.8 Å². The quantitative estimate of drug-likeness (QED) is 0.109. The maximum absolute atomic E-state index is 13.3. The van der Waals surface area contributed by atoms with Crippen LogP contribution in [0.25, 0.3) is 11.1 Å². The molecular formula is C27H32N6O4S. The lowest BCUT2D eigenvalue weighted by Crippen LogP contribution is -2.53.